The predicted octanol–water partition coefficient (Wildman–Crippen LogP) is 3.16. The van der Waals surface area contributed by atoms with E-state index in [9.17, 15) is 0 Å². The van der Waals surface area contributed by atoms with Gasteiger partial charge in [0, 0.05) is 26.2 Å². The Labute approximate surface area is 76.4 Å². The van der Waals surface area contributed by atoms with Crippen LogP contribution < -0.4 is 0 Å². The summed E-state index contributed by atoms with van der Waals surface area (Å²) < 4.78 is 0. The van der Waals surface area contributed by atoms with Crippen LogP contribution >= 0.6 is 38.3 Å². The predicted molar refractivity (Wildman–Crippen MR) is 37.3 cm³/mol. The van der Waals surface area contributed by atoms with Crippen LogP contribution in [-0.4, -0.2) is 0 Å². The first-order chi connectivity index (χ1) is 2.64. The number of rotatable bonds is 1. The summed E-state index contributed by atoms with van der Waals surface area (Å²) in [6.45, 7) is 1.05. The second kappa shape index (κ2) is 6.44. The number of hydrogen-bond donors (Lipinski definition) is 0. The van der Waals surface area contributed by atoms with E-state index < -0.39 is 6.63 Å². The van der Waals surface area contributed by atoms with Crippen molar-refractivity contribution in [1.82, 2.24) is 0 Å². The zero-order chi connectivity index (χ0) is 5.15. The fourth-order valence-corrected chi connectivity index (χ4v) is 0. The van der Waals surface area contributed by atoms with E-state index in [1.807, 2.05) is 6.92 Å². The molecule has 1 atom stereocenters. The molecule has 0 saturated heterocycles. The summed E-state index contributed by atoms with van der Waals surface area (Å²) in [4.78, 5) is 0. The van der Waals surface area contributed by atoms with Gasteiger partial charge >= 0.3 is 0 Å². The summed E-state index contributed by atoms with van der Waals surface area (Å²) in [5.74, 6) is 0. The summed E-state index contributed by atoms with van der Waals surface area (Å²) in [5.41, 5.74) is 0. The molecule has 0 aliphatic heterocycles. The third-order valence-corrected chi connectivity index (χ3v) is 4.16. The van der Waals surface area contributed by atoms with Gasteiger partial charge in [-0.1, -0.05) is 6.63 Å². The maximum atomic E-state index is 5.39. The van der Waals surface area contributed by atoms with E-state index in [4.69, 9.17) is 22.5 Å². The van der Waals surface area contributed by atoms with E-state index in [0.717, 1.165) is 5.40 Å². The standard InChI is InChI=1S/C2H5Cl2P2.Zr/c1-2(5)6(3)4;/h5H2,1H3;/q-1;. The van der Waals surface area contributed by atoms with Crippen LogP contribution in [0.3, 0.4) is 0 Å². The third kappa shape index (κ3) is 8.32. The average molecular weight is 253 g/mol. The van der Waals surface area contributed by atoms with Crippen molar-refractivity contribution in [2.24, 2.45) is 0 Å². The van der Waals surface area contributed by atoms with Gasteiger partial charge in [-0.25, -0.2) is 5.40 Å². The van der Waals surface area contributed by atoms with E-state index in [2.05, 4.69) is 9.24 Å². The fourth-order valence-electron chi connectivity index (χ4n) is 0. The summed E-state index contributed by atoms with van der Waals surface area (Å²) >= 11 is 10.8. The van der Waals surface area contributed by atoms with E-state index in [1.165, 1.54) is 0 Å². The van der Waals surface area contributed by atoms with Crippen LogP contribution in [0.2, 0.25) is 0 Å². The van der Waals surface area contributed by atoms with Gasteiger partial charge in [-0.05, 0) is 0 Å². The molecule has 0 spiro atoms. The summed E-state index contributed by atoms with van der Waals surface area (Å²) in [6, 6.07) is 0. The summed E-state index contributed by atoms with van der Waals surface area (Å²) in [7, 11) is 2.45. The molecule has 42 valence electrons. The Hall–Kier alpha value is 2.32. The van der Waals surface area contributed by atoms with Gasteiger partial charge in [0.1, 0.15) is 0 Å². The van der Waals surface area contributed by atoms with Crippen molar-refractivity contribution in [3.05, 3.63) is 5.40 Å². The van der Waals surface area contributed by atoms with Gasteiger partial charge in [0.15, 0.2) is 0 Å². The Morgan fingerprint density at radius 1 is 1.57 bits per heavy atom. The molecule has 0 bridgehead atoms. The Morgan fingerprint density at radius 3 is 1.71 bits per heavy atom. The second-order valence-corrected chi connectivity index (χ2v) is 5.94. The normalized spacial score (nSPS) is 9.43. The average Bonchev–Trinajstić information content (AvgIpc) is 1.36. The van der Waals surface area contributed by atoms with Crippen LogP contribution in [0, 0.1) is 5.40 Å². The molecule has 5 heteroatoms. The fraction of sp³-hybridized carbons (Fsp3) is 0.500. The van der Waals surface area contributed by atoms with Crippen LogP contribution in [0.1, 0.15) is 6.92 Å². The summed E-state index contributed by atoms with van der Waals surface area (Å²) in [5, 5.41) is 1.02. The van der Waals surface area contributed by atoms with Crippen LogP contribution in [0.4, 0.5) is 0 Å². The Balaban J connectivity index is 0. The third-order valence-electron chi connectivity index (χ3n) is 0.267. The van der Waals surface area contributed by atoms with Crippen LogP contribution in [0.5, 0.6) is 0 Å². The SMILES string of the molecule is C[C-](P)P(Cl)Cl.[Zr]. The topological polar surface area (TPSA) is 0 Å². The minimum absolute atomic E-state index is 0. The van der Waals surface area contributed by atoms with Crippen molar-refractivity contribution in [3.8, 4) is 0 Å². The molecule has 0 amide bonds. The zero-order valence-electron chi connectivity index (χ0n) is 3.78. The van der Waals surface area contributed by atoms with Crippen molar-refractivity contribution < 1.29 is 26.2 Å². The van der Waals surface area contributed by atoms with Crippen LogP contribution in [-0.2, 0) is 26.2 Å². The van der Waals surface area contributed by atoms with E-state index in [-0.39, 0.29) is 26.2 Å². The molecular weight excluding hydrogens is 248 g/mol. The van der Waals surface area contributed by atoms with Crippen molar-refractivity contribution in [1.29, 1.82) is 0 Å². The Morgan fingerprint density at radius 2 is 1.71 bits per heavy atom. The first-order valence-electron chi connectivity index (χ1n) is 1.35. The molecule has 0 saturated carbocycles. The molecule has 0 N–H and O–H groups in total. The maximum absolute atomic E-state index is 5.39. The van der Waals surface area contributed by atoms with Crippen LogP contribution in [0.15, 0.2) is 0 Å². The molecular formula is C2H5Cl2P2Zr-. The molecule has 0 aromatic heterocycles. The van der Waals surface area contributed by atoms with Crippen molar-refractivity contribution in [2.45, 2.75) is 6.92 Å². The monoisotopic (exact) mass is 251 g/mol. The second-order valence-electron chi connectivity index (χ2n) is 0.874. The van der Waals surface area contributed by atoms with Gasteiger partial charge in [0.2, 0.25) is 0 Å². The van der Waals surface area contributed by atoms with Crippen molar-refractivity contribution in [2.75, 3.05) is 0 Å². The molecule has 1 unspecified atom stereocenters. The van der Waals surface area contributed by atoms with Gasteiger partial charge in [-0.3, -0.25) is 9.24 Å². The molecule has 0 aromatic rings. The van der Waals surface area contributed by atoms with Gasteiger partial charge in [0.25, 0.3) is 0 Å². The smallest absolute Gasteiger partial charge is 0 e. The molecule has 0 nitrogen and oxygen atoms in total. The number of hydrogen-bond acceptors (Lipinski definition) is 0. The minimum Gasteiger partial charge on any atom is -0.290 e. The maximum Gasteiger partial charge on any atom is 0 e. The van der Waals surface area contributed by atoms with Crippen molar-refractivity contribution in [3.63, 3.8) is 0 Å². The van der Waals surface area contributed by atoms with E-state index in [1.54, 1.807) is 0 Å². The molecule has 0 aromatic carbocycles. The minimum atomic E-state index is -0.835. The largest absolute Gasteiger partial charge is 0.290 e. The summed E-state index contributed by atoms with van der Waals surface area (Å²) in [6.07, 6.45) is 0. The molecule has 0 heterocycles. The number of halogens is 2. The zero-order valence-corrected chi connectivity index (χ0v) is 9.80. The van der Waals surface area contributed by atoms with E-state index in [0.29, 0.717) is 0 Å². The van der Waals surface area contributed by atoms with Gasteiger partial charge < -0.3 is 0 Å². The quantitative estimate of drug-likeness (QED) is 0.497. The first-order valence-corrected chi connectivity index (χ1v) is 5.08. The van der Waals surface area contributed by atoms with Gasteiger partial charge in [-0.15, -0.1) is 22.5 Å². The molecule has 0 rings (SSSR count). The molecule has 0 radical (unpaired) electrons. The van der Waals surface area contributed by atoms with Gasteiger partial charge in [-0.2, -0.15) is 6.92 Å². The Bertz CT molecular complexity index is 34.7. The molecule has 0 fully saturated rings. The van der Waals surface area contributed by atoms with Gasteiger partial charge in [0.05, 0.1) is 0 Å². The molecule has 0 aliphatic rings. The van der Waals surface area contributed by atoms with Crippen molar-refractivity contribution >= 4 is 38.3 Å². The van der Waals surface area contributed by atoms with E-state index >= 15 is 0 Å². The molecule has 0 aliphatic carbocycles. The van der Waals surface area contributed by atoms with Crippen LogP contribution in [0.25, 0.3) is 0 Å². The first kappa shape index (κ1) is 12.0. The molecule has 7 heavy (non-hydrogen) atoms. The Kier molecular flexibility index (Phi) is 11.1.